The minimum Gasteiger partial charge on any atom is -0.454 e. The van der Waals surface area contributed by atoms with Crippen LogP contribution < -0.4 is 0 Å². The second kappa shape index (κ2) is 11.2. The molecule has 0 bridgehead atoms. The Bertz CT molecular complexity index is 2570. The van der Waals surface area contributed by atoms with Crippen molar-refractivity contribution in [1.29, 1.82) is 0 Å². The fourth-order valence-electron chi connectivity index (χ4n) is 6.15. The third-order valence-electron chi connectivity index (χ3n) is 8.57. The second-order valence-corrected chi connectivity index (χ2v) is 11.6. The first-order valence-corrected chi connectivity index (χ1v) is 15.5. The van der Waals surface area contributed by atoms with Gasteiger partial charge in [-0.05, 0) is 69.4 Å². The lowest BCUT2D eigenvalue weighted by molar-refractivity contribution is 0.668. The molecule has 0 saturated heterocycles. The summed E-state index contributed by atoms with van der Waals surface area (Å²) in [6.07, 6.45) is 1.78. The van der Waals surface area contributed by atoms with Gasteiger partial charge in [0, 0.05) is 28.3 Å². The van der Waals surface area contributed by atoms with Crippen molar-refractivity contribution in [3.63, 3.8) is 0 Å². The maximum atomic E-state index is 6.16. The van der Waals surface area contributed by atoms with E-state index in [1.807, 2.05) is 60.7 Å². The van der Waals surface area contributed by atoms with Crippen molar-refractivity contribution in [2.75, 3.05) is 0 Å². The summed E-state index contributed by atoms with van der Waals surface area (Å²) in [5, 5.41) is 3.40. The zero-order valence-corrected chi connectivity index (χ0v) is 25.2. The summed E-state index contributed by atoms with van der Waals surface area (Å²) in [5.74, 6) is 1.78. The van der Waals surface area contributed by atoms with Crippen LogP contribution in [0.1, 0.15) is 0 Å². The summed E-state index contributed by atoms with van der Waals surface area (Å²) in [4.78, 5) is 19.6. The van der Waals surface area contributed by atoms with E-state index in [9.17, 15) is 0 Å². The topological polar surface area (TPSA) is 64.7 Å². The minimum absolute atomic E-state index is 0.573. The van der Waals surface area contributed by atoms with Gasteiger partial charge in [-0.25, -0.2) is 15.0 Å². The van der Waals surface area contributed by atoms with Gasteiger partial charge in [-0.1, -0.05) is 115 Å². The quantitative estimate of drug-likeness (QED) is 0.196. The van der Waals surface area contributed by atoms with Gasteiger partial charge in [0.15, 0.2) is 23.1 Å². The van der Waals surface area contributed by atoms with Crippen LogP contribution in [0.15, 0.2) is 162 Å². The Morgan fingerprint density at radius 1 is 0.362 bits per heavy atom. The smallest absolute Gasteiger partial charge is 0.164 e. The van der Waals surface area contributed by atoms with Crippen LogP contribution in [0.5, 0.6) is 0 Å². The maximum Gasteiger partial charge on any atom is 0.164 e. The summed E-state index contributed by atoms with van der Waals surface area (Å²) in [6, 6.07) is 52.0. The molecule has 0 atom stereocenters. The summed E-state index contributed by atoms with van der Waals surface area (Å²) < 4.78 is 6.16. The van der Waals surface area contributed by atoms with Crippen molar-refractivity contribution in [2.24, 2.45) is 0 Å². The molecule has 0 N–H and O–H groups in total. The van der Waals surface area contributed by atoms with Gasteiger partial charge >= 0.3 is 0 Å². The van der Waals surface area contributed by atoms with E-state index in [0.29, 0.717) is 17.5 Å². The number of fused-ring (bicyclic) bond motifs is 4. The molecule has 3 aromatic heterocycles. The van der Waals surface area contributed by atoms with Gasteiger partial charge in [-0.15, -0.1) is 0 Å². The number of nitrogens with zero attached hydrogens (tertiary/aromatic N) is 4. The monoisotopic (exact) mass is 602 g/mol. The molecule has 9 rings (SSSR count). The molecule has 0 aliphatic carbocycles. The normalized spacial score (nSPS) is 11.4. The first-order chi connectivity index (χ1) is 23.2. The maximum absolute atomic E-state index is 6.16. The first-order valence-electron chi connectivity index (χ1n) is 15.5. The molecular weight excluding hydrogens is 576 g/mol. The van der Waals surface area contributed by atoms with Crippen molar-refractivity contribution in [3.8, 4) is 56.4 Å². The Morgan fingerprint density at radius 2 is 0.957 bits per heavy atom. The van der Waals surface area contributed by atoms with Gasteiger partial charge in [0.2, 0.25) is 0 Å². The average molecular weight is 603 g/mol. The zero-order valence-electron chi connectivity index (χ0n) is 25.2. The third kappa shape index (κ3) is 5.00. The highest BCUT2D eigenvalue weighted by molar-refractivity contribution is 6.03. The van der Waals surface area contributed by atoms with E-state index in [1.54, 1.807) is 6.20 Å². The molecule has 0 amide bonds. The van der Waals surface area contributed by atoms with Gasteiger partial charge in [0.05, 0.1) is 0 Å². The van der Waals surface area contributed by atoms with Crippen LogP contribution in [0.4, 0.5) is 0 Å². The summed E-state index contributed by atoms with van der Waals surface area (Å²) in [7, 11) is 0. The van der Waals surface area contributed by atoms with Crippen LogP contribution in [-0.2, 0) is 0 Å². The van der Waals surface area contributed by atoms with Crippen LogP contribution in [-0.4, -0.2) is 19.9 Å². The molecule has 0 unspecified atom stereocenters. The number of hydrogen-bond acceptors (Lipinski definition) is 5. The molecule has 220 valence electrons. The molecule has 0 spiro atoms. The van der Waals surface area contributed by atoms with E-state index in [4.69, 9.17) is 19.4 Å². The average Bonchev–Trinajstić information content (AvgIpc) is 3.53. The highest BCUT2D eigenvalue weighted by Crippen LogP contribution is 2.33. The Hall–Kier alpha value is -6.46. The number of benzene rings is 6. The van der Waals surface area contributed by atoms with Gasteiger partial charge in [0.1, 0.15) is 11.1 Å². The Kier molecular flexibility index (Phi) is 6.39. The van der Waals surface area contributed by atoms with Crippen molar-refractivity contribution in [3.05, 3.63) is 158 Å². The van der Waals surface area contributed by atoms with Crippen molar-refractivity contribution < 1.29 is 4.42 Å². The van der Waals surface area contributed by atoms with E-state index in [0.717, 1.165) is 55.4 Å². The van der Waals surface area contributed by atoms with Gasteiger partial charge in [-0.3, -0.25) is 4.98 Å². The van der Waals surface area contributed by atoms with Gasteiger partial charge < -0.3 is 4.42 Å². The first kappa shape index (κ1) is 26.9. The molecule has 9 aromatic rings. The van der Waals surface area contributed by atoms with Crippen molar-refractivity contribution in [2.45, 2.75) is 0 Å². The zero-order chi connectivity index (χ0) is 31.2. The predicted octanol–water partition coefficient (Wildman–Crippen LogP) is 10.7. The largest absolute Gasteiger partial charge is 0.454 e. The molecule has 5 heteroatoms. The van der Waals surface area contributed by atoms with Crippen LogP contribution >= 0.6 is 0 Å². The highest BCUT2D eigenvalue weighted by Gasteiger charge is 2.16. The fourth-order valence-corrected chi connectivity index (χ4v) is 6.15. The number of pyridine rings is 1. The lowest BCUT2D eigenvalue weighted by Crippen LogP contribution is -2.00. The van der Waals surface area contributed by atoms with Crippen molar-refractivity contribution in [1.82, 2.24) is 19.9 Å². The van der Waals surface area contributed by atoms with E-state index < -0.39 is 0 Å². The molecule has 0 radical (unpaired) electrons. The lowest BCUT2D eigenvalue weighted by Gasteiger charge is -2.10. The van der Waals surface area contributed by atoms with Crippen LogP contribution in [0.25, 0.3) is 89.3 Å². The Balaban J connectivity index is 1.16. The van der Waals surface area contributed by atoms with E-state index in [2.05, 4.69) is 96.0 Å². The number of hydrogen-bond donors (Lipinski definition) is 0. The minimum atomic E-state index is 0.573. The molecule has 0 saturated carbocycles. The molecule has 3 heterocycles. The van der Waals surface area contributed by atoms with E-state index in [-0.39, 0.29) is 0 Å². The molecule has 6 aromatic carbocycles. The predicted molar refractivity (Wildman–Crippen MR) is 190 cm³/mol. The Labute approximate surface area is 270 Å². The van der Waals surface area contributed by atoms with E-state index >= 15 is 0 Å². The second-order valence-electron chi connectivity index (χ2n) is 11.6. The number of furan rings is 1. The molecule has 0 fully saturated rings. The van der Waals surface area contributed by atoms with E-state index in [1.165, 1.54) is 16.3 Å². The molecule has 0 aliphatic rings. The molecule has 47 heavy (non-hydrogen) atoms. The molecule has 5 nitrogen and oxygen atoms in total. The summed E-state index contributed by atoms with van der Waals surface area (Å²) in [5.41, 5.74) is 9.53. The standard InChI is InChI=1S/C42H26N4O/c1-2-8-27(9-3-1)32-12-6-13-34(25-32)41-44-40(30-18-15-29(16-19-30)33-20-17-28-10-4-5-11-31(28)24-33)45-42(46-41)35-21-22-36-38(26-35)47-37-14-7-23-43-39(36)37/h1-26H. The van der Waals surface area contributed by atoms with Gasteiger partial charge in [-0.2, -0.15) is 0 Å². The van der Waals surface area contributed by atoms with Gasteiger partial charge in [0.25, 0.3) is 0 Å². The van der Waals surface area contributed by atoms with Crippen LogP contribution in [0, 0.1) is 0 Å². The third-order valence-corrected chi connectivity index (χ3v) is 8.57. The van der Waals surface area contributed by atoms with Crippen LogP contribution in [0.2, 0.25) is 0 Å². The molecular formula is C42H26N4O. The number of rotatable bonds is 5. The fraction of sp³-hybridized carbons (Fsp3) is 0. The van der Waals surface area contributed by atoms with Crippen LogP contribution in [0.3, 0.4) is 0 Å². The lowest BCUT2D eigenvalue weighted by atomic mass is 10.00. The summed E-state index contributed by atoms with van der Waals surface area (Å²) >= 11 is 0. The SMILES string of the molecule is c1ccc(-c2cccc(-c3nc(-c4ccc(-c5ccc6ccccc6c5)cc4)nc(-c4ccc5c(c4)oc4cccnc45)n3)c2)cc1. The molecule has 0 aliphatic heterocycles. The summed E-state index contributed by atoms with van der Waals surface area (Å²) in [6.45, 7) is 0. The highest BCUT2D eigenvalue weighted by atomic mass is 16.3. The van der Waals surface area contributed by atoms with Crippen molar-refractivity contribution >= 4 is 32.8 Å². The number of aromatic nitrogens is 4. The Morgan fingerprint density at radius 3 is 1.79 bits per heavy atom.